The van der Waals surface area contributed by atoms with E-state index in [4.69, 9.17) is 0 Å². The molecule has 1 heterocycles. The van der Waals surface area contributed by atoms with Crippen molar-refractivity contribution in [2.24, 2.45) is 7.05 Å². The summed E-state index contributed by atoms with van der Waals surface area (Å²) in [5.41, 5.74) is 0. The largest absolute Gasteiger partial charge is 0.369 e. The number of aromatic nitrogens is 2. The third-order valence-corrected chi connectivity index (χ3v) is 2.01. The highest BCUT2D eigenvalue weighted by Gasteiger charge is 2.03. The lowest BCUT2D eigenvalue weighted by atomic mass is 10.7. The second-order valence-electron chi connectivity index (χ2n) is 1.60. The van der Waals surface area contributed by atoms with Crippen molar-refractivity contribution in [3.8, 4) is 0 Å². The van der Waals surface area contributed by atoms with Gasteiger partial charge in [-0.1, -0.05) is 11.7 Å². The maximum atomic E-state index is 4.05. The Labute approximate surface area is 63.1 Å². The number of aryl methyl sites for hydroxylation is 1. The van der Waals surface area contributed by atoms with Crippen LogP contribution in [-0.2, 0) is 7.05 Å². The summed E-state index contributed by atoms with van der Waals surface area (Å²) in [5, 5.41) is 0.904. The quantitative estimate of drug-likeness (QED) is 0.283. The third-order valence-electron chi connectivity index (χ3n) is 0.964. The molecule has 0 aliphatic carbocycles. The predicted molar refractivity (Wildman–Crippen MR) is 40.3 cm³/mol. The van der Waals surface area contributed by atoms with Gasteiger partial charge in [-0.2, -0.15) is 0 Å². The monoisotopic (exact) mass is 159 g/mol. The van der Waals surface area contributed by atoms with E-state index in [9.17, 15) is 0 Å². The molecule has 1 aromatic heterocycles. The summed E-state index contributed by atoms with van der Waals surface area (Å²) in [6.07, 6.45) is 3.68. The number of hydrogen-bond donors (Lipinski definition) is 1. The molecule has 0 N–H and O–H groups in total. The van der Waals surface area contributed by atoms with E-state index in [2.05, 4.69) is 16.6 Å². The summed E-state index contributed by atoms with van der Waals surface area (Å²) in [4.78, 5) is 4.05. The van der Waals surface area contributed by atoms with Gasteiger partial charge in [-0.3, -0.25) is 0 Å². The van der Waals surface area contributed by atoms with Gasteiger partial charge in [-0.05, 0) is 4.98 Å². The summed E-state index contributed by atoms with van der Waals surface area (Å²) in [6, 6.07) is 1.88. The van der Waals surface area contributed by atoms with E-state index >= 15 is 0 Å². The number of rotatable bonds is 1. The van der Waals surface area contributed by atoms with Crippen LogP contribution >= 0.6 is 22.5 Å². The van der Waals surface area contributed by atoms with Gasteiger partial charge in [0.15, 0.2) is 0 Å². The van der Waals surface area contributed by atoms with Crippen molar-refractivity contribution in [2.75, 3.05) is 0 Å². The van der Waals surface area contributed by atoms with E-state index in [0.29, 0.717) is 0 Å². The Hall–Kier alpha value is -0.220. The maximum Gasteiger partial charge on any atom is 0.369 e. The topological polar surface area (TPSA) is 16.8 Å². The molecule has 0 atom stereocenters. The molecule has 0 bridgehead atoms. The number of nitrogens with zero attached hydrogens (tertiary/aromatic N) is 2. The van der Waals surface area contributed by atoms with Crippen LogP contribution in [0.2, 0.25) is 0 Å². The molecule has 0 unspecified atom stereocenters. The standard InChI is InChI=1S/C5H6N2S2/c1-7-4-2-3-6-5(7)9-8/h2-4H,1H3/p+1. The Morgan fingerprint density at radius 3 is 3.00 bits per heavy atom. The molecule has 0 spiro atoms. The van der Waals surface area contributed by atoms with Crippen LogP contribution in [0.15, 0.2) is 23.6 Å². The van der Waals surface area contributed by atoms with Crippen molar-refractivity contribution < 1.29 is 4.57 Å². The van der Waals surface area contributed by atoms with Crippen molar-refractivity contribution in [2.45, 2.75) is 5.16 Å². The van der Waals surface area contributed by atoms with Gasteiger partial charge in [0, 0.05) is 16.9 Å². The number of thiol groups is 1. The Bertz CT molecular complexity index is 202. The first-order valence-electron chi connectivity index (χ1n) is 2.46. The molecule has 2 nitrogen and oxygen atoms in total. The molecular weight excluding hydrogens is 152 g/mol. The molecule has 1 aromatic rings. The zero-order valence-electron chi connectivity index (χ0n) is 4.98. The molecule has 0 aromatic carbocycles. The van der Waals surface area contributed by atoms with Gasteiger partial charge in [0.25, 0.3) is 0 Å². The Kier molecular flexibility index (Phi) is 2.36. The number of hydrogen-bond acceptors (Lipinski definition) is 3. The van der Waals surface area contributed by atoms with Crippen molar-refractivity contribution in [1.29, 1.82) is 0 Å². The van der Waals surface area contributed by atoms with E-state index < -0.39 is 0 Å². The smallest absolute Gasteiger partial charge is 0.227 e. The minimum absolute atomic E-state index is 0.904. The lowest BCUT2D eigenvalue weighted by Crippen LogP contribution is -2.30. The first-order chi connectivity index (χ1) is 4.34. The summed E-state index contributed by atoms with van der Waals surface area (Å²) < 4.78 is 1.91. The molecule has 0 aliphatic rings. The van der Waals surface area contributed by atoms with Crippen LogP contribution in [0.3, 0.4) is 0 Å². The van der Waals surface area contributed by atoms with Gasteiger partial charge in [0.05, 0.1) is 13.2 Å². The zero-order chi connectivity index (χ0) is 6.69. The Balaban J connectivity index is 3.01. The van der Waals surface area contributed by atoms with Crippen LogP contribution in [0.4, 0.5) is 0 Å². The van der Waals surface area contributed by atoms with E-state index in [0.717, 1.165) is 5.16 Å². The van der Waals surface area contributed by atoms with Gasteiger partial charge >= 0.3 is 5.16 Å². The van der Waals surface area contributed by atoms with Crippen LogP contribution in [0.5, 0.6) is 0 Å². The van der Waals surface area contributed by atoms with E-state index in [1.54, 1.807) is 6.20 Å². The summed E-state index contributed by atoms with van der Waals surface area (Å²) in [7, 11) is 3.28. The Morgan fingerprint density at radius 1 is 1.78 bits per heavy atom. The van der Waals surface area contributed by atoms with Crippen molar-refractivity contribution in [1.82, 2.24) is 4.98 Å². The molecule has 0 saturated carbocycles. The summed E-state index contributed by atoms with van der Waals surface area (Å²) >= 11 is 4.01. The maximum absolute atomic E-state index is 4.05. The molecule has 4 heteroatoms. The SMILES string of the molecule is C[n+]1cccnc1SS. The van der Waals surface area contributed by atoms with Crippen LogP contribution in [-0.4, -0.2) is 4.98 Å². The highest BCUT2D eigenvalue weighted by molar-refractivity contribution is 8.68. The van der Waals surface area contributed by atoms with Crippen molar-refractivity contribution in [3.05, 3.63) is 18.5 Å². The third kappa shape index (κ3) is 1.59. The highest BCUT2D eigenvalue weighted by Crippen LogP contribution is 2.12. The molecule has 1 rings (SSSR count). The van der Waals surface area contributed by atoms with Gasteiger partial charge < -0.3 is 0 Å². The van der Waals surface area contributed by atoms with Crippen LogP contribution in [0, 0.1) is 0 Å². The first kappa shape index (κ1) is 6.89. The fourth-order valence-electron chi connectivity index (χ4n) is 0.517. The molecule has 0 saturated heterocycles. The predicted octanol–water partition coefficient (Wildman–Crippen LogP) is 0.843. The van der Waals surface area contributed by atoms with Gasteiger partial charge in [-0.15, -0.1) is 0 Å². The molecule has 48 valence electrons. The molecule has 0 amide bonds. The van der Waals surface area contributed by atoms with Gasteiger partial charge in [0.1, 0.15) is 6.20 Å². The van der Waals surface area contributed by atoms with E-state index in [1.165, 1.54) is 10.8 Å². The molecule has 0 fully saturated rings. The van der Waals surface area contributed by atoms with Crippen molar-refractivity contribution >= 4 is 22.5 Å². The van der Waals surface area contributed by atoms with Crippen molar-refractivity contribution in [3.63, 3.8) is 0 Å². The van der Waals surface area contributed by atoms with E-state index in [1.807, 2.05) is 23.9 Å². The average Bonchev–Trinajstić information content (AvgIpc) is 1.89. The van der Waals surface area contributed by atoms with Crippen LogP contribution < -0.4 is 4.57 Å². The summed E-state index contributed by atoms with van der Waals surface area (Å²) in [5.74, 6) is 0. The van der Waals surface area contributed by atoms with Gasteiger partial charge in [-0.25, -0.2) is 4.57 Å². The van der Waals surface area contributed by atoms with Crippen LogP contribution in [0.25, 0.3) is 0 Å². The second-order valence-corrected chi connectivity index (χ2v) is 2.70. The minimum Gasteiger partial charge on any atom is -0.227 e. The Morgan fingerprint density at radius 2 is 2.56 bits per heavy atom. The molecular formula is C5H7N2S2+. The average molecular weight is 159 g/mol. The van der Waals surface area contributed by atoms with Gasteiger partial charge in [0.2, 0.25) is 0 Å². The fraction of sp³-hybridized carbons (Fsp3) is 0.200. The summed E-state index contributed by atoms with van der Waals surface area (Å²) in [6.45, 7) is 0. The van der Waals surface area contributed by atoms with E-state index in [-0.39, 0.29) is 0 Å². The molecule has 0 aliphatic heterocycles. The fourth-order valence-corrected chi connectivity index (χ4v) is 1.34. The second kappa shape index (κ2) is 3.08. The highest BCUT2D eigenvalue weighted by atomic mass is 33.1. The lowest BCUT2D eigenvalue weighted by molar-refractivity contribution is -0.713. The zero-order valence-corrected chi connectivity index (χ0v) is 6.69. The lowest BCUT2D eigenvalue weighted by Gasteiger charge is -1.88. The van der Waals surface area contributed by atoms with Crippen LogP contribution in [0.1, 0.15) is 0 Å². The molecule has 9 heavy (non-hydrogen) atoms. The molecule has 0 radical (unpaired) electrons. The normalized spacial score (nSPS) is 9.56. The minimum atomic E-state index is 0.904. The first-order valence-corrected chi connectivity index (χ1v) is 4.33.